The molecule has 3 aromatic carbocycles. The van der Waals surface area contributed by atoms with Crippen molar-refractivity contribution in [1.82, 2.24) is 9.80 Å². The third-order valence-corrected chi connectivity index (χ3v) is 10.6. The number of hydrogen-bond donors (Lipinski definition) is 0. The largest absolute Gasteiger partial charge is 0.494 e. The number of fused-ring (bicyclic) bond motifs is 1. The number of nitrogens with zero attached hydrogens (tertiary/aromatic N) is 2. The number of amides is 2. The Kier molecular flexibility index (Phi) is 11.5. The molecule has 0 unspecified atom stereocenters. The number of alkyl halides is 3. The number of carbonyl (C=O) groups is 3. The molecular formula is C38H38ClF5N2O5S. The van der Waals surface area contributed by atoms with Crippen LogP contribution in [0.2, 0.25) is 5.02 Å². The maximum atomic E-state index is 14.9. The summed E-state index contributed by atoms with van der Waals surface area (Å²) in [5, 5.41) is -0.375. The van der Waals surface area contributed by atoms with E-state index in [-0.39, 0.29) is 45.2 Å². The number of halogens is 6. The highest BCUT2D eigenvalue weighted by atomic mass is 35.5. The Bertz CT molecular complexity index is 1970. The smallest absolute Gasteiger partial charge is 0.454 e. The third-order valence-electron chi connectivity index (χ3n) is 8.91. The van der Waals surface area contributed by atoms with Gasteiger partial charge in [0.25, 0.3) is 11.7 Å². The molecule has 2 amide bonds. The predicted octanol–water partition coefficient (Wildman–Crippen LogP) is 10.5. The van der Waals surface area contributed by atoms with Gasteiger partial charge in [0.15, 0.2) is 0 Å². The molecule has 0 bridgehead atoms. The van der Waals surface area contributed by atoms with Gasteiger partial charge in [0.1, 0.15) is 27.9 Å². The first-order valence-electron chi connectivity index (χ1n) is 16.7. The van der Waals surface area contributed by atoms with E-state index in [1.54, 1.807) is 62.7 Å². The molecule has 52 heavy (non-hydrogen) atoms. The highest BCUT2D eigenvalue weighted by molar-refractivity contribution is 7.21. The Morgan fingerprint density at radius 2 is 1.48 bits per heavy atom. The third kappa shape index (κ3) is 8.52. The van der Waals surface area contributed by atoms with Gasteiger partial charge in [0, 0.05) is 36.8 Å². The van der Waals surface area contributed by atoms with Crippen LogP contribution in [0.4, 0.5) is 26.7 Å². The summed E-state index contributed by atoms with van der Waals surface area (Å²) in [6.07, 6.45) is -3.44. The van der Waals surface area contributed by atoms with Crippen molar-refractivity contribution in [3.05, 3.63) is 87.3 Å². The van der Waals surface area contributed by atoms with Crippen LogP contribution in [0.1, 0.15) is 79.0 Å². The fourth-order valence-electron chi connectivity index (χ4n) is 6.31. The summed E-state index contributed by atoms with van der Waals surface area (Å²) >= 11 is 7.36. The van der Waals surface area contributed by atoms with Crippen LogP contribution in [-0.2, 0) is 11.3 Å². The molecule has 4 aromatic rings. The van der Waals surface area contributed by atoms with Crippen LogP contribution in [0, 0.1) is 11.6 Å². The van der Waals surface area contributed by atoms with E-state index in [4.69, 9.17) is 21.1 Å². The normalized spacial score (nSPS) is 16.4. The monoisotopic (exact) mass is 764 g/mol. The molecule has 1 aliphatic carbocycles. The summed E-state index contributed by atoms with van der Waals surface area (Å²) in [5.74, 6) is -3.52. The van der Waals surface area contributed by atoms with Crippen LogP contribution in [0.15, 0.2) is 54.6 Å². The van der Waals surface area contributed by atoms with Crippen LogP contribution in [-0.4, -0.2) is 65.1 Å². The van der Waals surface area contributed by atoms with E-state index < -0.39 is 46.8 Å². The molecule has 7 nitrogen and oxygen atoms in total. The lowest BCUT2D eigenvalue weighted by Gasteiger charge is -2.40. The first-order chi connectivity index (χ1) is 24.4. The fourth-order valence-corrected chi connectivity index (χ4v) is 7.82. The van der Waals surface area contributed by atoms with Gasteiger partial charge in [0.2, 0.25) is 0 Å². The molecule has 1 fully saturated rings. The molecule has 278 valence electrons. The topological polar surface area (TPSA) is 76.2 Å². The second-order valence-corrected chi connectivity index (χ2v) is 15.0. The number of ketones is 1. The van der Waals surface area contributed by atoms with Crippen molar-refractivity contribution in [2.24, 2.45) is 0 Å². The van der Waals surface area contributed by atoms with Crippen LogP contribution < -0.4 is 4.74 Å². The second kappa shape index (κ2) is 15.4. The number of thiophene rings is 1. The number of ether oxygens (including phenoxy) is 2. The molecule has 0 aliphatic heterocycles. The highest BCUT2D eigenvalue weighted by Crippen LogP contribution is 2.41. The molecule has 1 heterocycles. The molecule has 0 radical (unpaired) electrons. The summed E-state index contributed by atoms with van der Waals surface area (Å²) in [6, 6.07) is 11.6. The summed E-state index contributed by atoms with van der Waals surface area (Å²) in [5.41, 5.74) is 0.489. The number of rotatable bonds is 9. The molecule has 14 heteroatoms. The second-order valence-electron chi connectivity index (χ2n) is 13.6. The first-order valence-corrected chi connectivity index (χ1v) is 17.9. The fraction of sp³-hybridized carbons (Fsp3) is 0.395. The van der Waals surface area contributed by atoms with E-state index in [9.17, 15) is 36.3 Å². The number of carbonyl (C=O) groups excluding carboxylic acids is 3. The molecule has 0 N–H and O–H groups in total. The SMILES string of the molecule is CCOc1ccc(-c2ccc(C(=O)C(F)(F)F)cc2)cc1CN(C(=O)c1sc2c(F)ccc(F)c2c1Cl)C1CCC(N(C)C(=O)OC(C)(C)C)CC1. The standard InChI is InChI=1S/C38H38ClF5N2O5S/c1-6-50-29-18-11-23(21-7-9-22(10-8-21)34(47)38(42,43)44)19-24(29)20-46(26-14-12-25(13-15-26)45(5)36(49)51-37(2,3)4)35(48)33-31(39)30-27(40)16-17-28(41)32(30)52-33/h7-11,16-19,25-26H,6,12-15,20H2,1-5H3. The lowest BCUT2D eigenvalue weighted by molar-refractivity contribution is -0.0885. The maximum absolute atomic E-state index is 14.9. The highest BCUT2D eigenvalue weighted by Gasteiger charge is 2.39. The zero-order valence-corrected chi connectivity index (χ0v) is 30.8. The summed E-state index contributed by atoms with van der Waals surface area (Å²) in [4.78, 5) is 42.2. The van der Waals surface area contributed by atoms with E-state index in [0.717, 1.165) is 35.6 Å². The van der Waals surface area contributed by atoms with Crippen molar-refractivity contribution in [3.8, 4) is 16.9 Å². The van der Waals surface area contributed by atoms with Crippen molar-refractivity contribution in [1.29, 1.82) is 0 Å². The van der Waals surface area contributed by atoms with E-state index in [0.29, 0.717) is 48.1 Å². The predicted molar refractivity (Wildman–Crippen MR) is 190 cm³/mol. The number of benzene rings is 3. The van der Waals surface area contributed by atoms with Gasteiger partial charge in [-0.2, -0.15) is 13.2 Å². The quantitative estimate of drug-likeness (QED) is 0.125. The Hall–Kier alpha value is -4.23. The Balaban J connectivity index is 1.51. The van der Waals surface area contributed by atoms with Crippen molar-refractivity contribution in [2.45, 2.75) is 83.8 Å². The molecule has 1 saturated carbocycles. The first kappa shape index (κ1) is 39.0. The van der Waals surface area contributed by atoms with Gasteiger partial charge >= 0.3 is 12.3 Å². The molecule has 1 aliphatic rings. The van der Waals surface area contributed by atoms with Crippen molar-refractivity contribution < 1.29 is 45.8 Å². The summed E-state index contributed by atoms with van der Waals surface area (Å²) in [6.45, 7) is 7.42. The molecular weight excluding hydrogens is 727 g/mol. The van der Waals surface area contributed by atoms with Gasteiger partial charge in [-0.3, -0.25) is 9.59 Å². The Morgan fingerprint density at radius 3 is 2.06 bits per heavy atom. The average Bonchev–Trinajstić information content (AvgIpc) is 3.45. The van der Waals surface area contributed by atoms with Crippen molar-refractivity contribution in [3.63, 3.8) is 0 Å². The zero-order valence-electron chi connectivity index (χ0n) is 29.2. The molecule has 1 aromatic heterocycles. The molecule has 0 spiro atoms. The van der Waals surface area contributed by atoms with E-state index in [1.165, 1.54) is 12.1 Å². The van der Waals surface area contributed by atoms with Gasteiger partial charge in [-0.05, 0) is 88.8 Å². The maximum Gasteiger partial charge on any atom is 0.454 e. The molecule has 0 saturated heterocycles. The van der Waals surface area contributed by atoms with Crippen LogP contribution >= 0.6 is 22.9 Å². The van der Waals surface area contributed by atoms with Gasteiger partial charge in [-0.25, -0.2) is 13.6 Å². The lowest BCUT2D eigenvalue weighted by atomic mass is 9.89. The lowest BCUT2D eigenvalue weighted by Crippen LogP contribution is -2.47. The minimum Gasteiger partial charge on any atom is -0.494 e. The van der Waals surface area contributed by atoms with E-state index in [1.807, 2.05) is 0 Å². The minimum absolute atomic E-state index is 0.0145. The molecule has 5 rings (SSSR count). The number of hydrogen-bond acceptors (Lipinski definition) is 6. The Labute approximate surface area is 307 Å². The van der Waals surface area contributed by atoms with Crippen LogP contribution in [0.5, 0.6) is 5.75 Å². The number of Topliss-reactive ketones (excluding diaryl/α,β-unsaturated/α-hetero) is 1. The van der Waals surface area contributed by atoms with Crippen molar-refractivity contribution in [2.75, 3.05) is 13.7 Å². The molecule has 0 atom stereocenters. The van der Waals surface area contributed by atoms with E-state index >= 15 is 0 Å². The van der Waals surface area contributed by atoms with Gasteiger partial charge in [-0.15, -0.1) is 11.3 Å². The Morgan fingerprint density at radius 1 is 0.885 bits per heavy atom. The minimum atomic E-state index is -5.01. The van der Waals surface area contributed by atoms with Crippen LogP contribution in [0.3, 0.4) is 0 Å². The van der Waals surface area contributed by atoms with Gasteiger partial charge in [0.05, 0.1) is 21.7 Å². The van der Waals surface area contributed by atoms with Crippen LogP contribution in [0.25, 0.3) is 21.2 Å². The average molecular weight is 765 g/mol. The summed E-state index contributed by atoms with van der Waals surface area (Å²) < 4.78 is 80.1. The zero-order chi connectivity index (χ0) is 38.1. The van der Waals surface area contributed by atoms with Gasteiger partial charge in [-0.1, -0.05) is 41.9 Å². The summed E-state index contributed by atoms with van der Waals surface area (Å²) in [7, 11) is 1.67. The van der Waals surface area contributed by atoms with Gasteiger partial charge < -0.3 is 19.3 Å². The van der Waals surface area contributed by atoms with E-state index in [2.05, 4.69) is 0 Å². The van der Waals surface area contributed by atoms with Crippen molar-refractivity contribution >= 4 is 50.8 Å².